The standard InChI is InChI=1S/C22H26O4/c1-12-10-13(2)19(14(3)11-12)22(20-15(23)6-4-7-16(20)24)21-17(25)8-5-9-18(21)26/h10-11,22-23,25H,4-9H2,1-3H3. The summed E-state index contributed by atoms with van der Waals surface area (Å²) in [6, 6.07) is 4.04. The summed E-state index contributed by atoms with van der Waals surface area (Å²) in [7, 11) is 0. The molecule has 0 unspecified atom stereocenters. The highest BCUT2D eigenvalue weighted by Crippen LogP contribution is 2.44. The van der Waals surface area contributed by atoms with Crippen LogP contribution in [0.1, 0.15) is 66.7 Å². The molecule has 26 heavy (non-hydrogen) atoms. The summed E-state index contributed by atoms with van der Waals surface area (Å²) in [4.78, 5) is 25.5. The molecule has 2 aliphatic rings. The number of benzene rings is 1. The van der Waals surface area contributed by atoms with Crippen LogP contribution in [0.5, 0.6) is 0 Å². The van der Waals surface area contributed by atoms with Crippen molar-refractivity contribution in [2.24, 2.45) is 0 Å². The summed E-state index contributed by atoms with van der Waals surface area (Å²) in [6.45, 7) is 5.92. The third-order valence-electron chi connectivity index (χ3n) is 5.46. The lowest BCUT2D eigenvalue weighted by Gasteiger charge is -2.30. The first kappa shape index (κ1) is 18.4. The van der Waals surface area contributed by atoms with Crippen LogP contribution >= 0.6 is 0 Å². The maximum Gasteiger partial charge on any atom is 0.163 e. The second kappa shape index (κ2) is 7.10. The van der Waals surface area contributed by atoms with Crippen LogP contribution in [0.2, 0.25) is 0 Å². The molecule has 4 nitrogen and oxygen atoms in total. The predicted octanol–water partition coefficient (Wildman–Crippen LogP) is 4.83. The Balaban J connectivity index is 2.32. The summed E-state index contributed by atoms with van der Waals surface area (Å²) in [5.41, 5.74) is 4.47. The van der Waals surface area contributed by atoms with Crippen LogP contribution in [0, 0.1) is 20.8 Å². The van der Waals surface area contributed by atoms with Crippen molar-refractivity contribution < 1.29 is 19.8 Å². The largest absolute Gasteiger partial charge is 0.512 e. The van der Waals surface area contributed by atoms with Crippen LogP contribution in [0.4, 0.5) is 0 Å². The molecular weight excluding hydrogens is 328 g/mol. The van der Waals surface area contributed by atoms with Gasteiger partial charge < -0.3 is 10.2 Å². The van der Waals surface area contributed by atoms with Gasteiger partial charge in [-0.3, -0.25) is 9.59 Å². The normalized spacial score (nSPS) is 18.9. The highest BCUT2D eigenvalue weighted by Gasteiger charge is 2.38. The number of carbonyl (C=O) groups excluding carboxylic acids is 2. The van der Waals surface area contributed by atoms with Crippen LogP contribution in [-0.2, 0) is 9.59 Å². The van der Waals surface area contributed by atoms with E-state index in [1.165, 1.54) is 0 Å². The fourth-order valence-corrected chi connectivity index (χ4v) is 4.43. The Labute approximate surface area is 154 Å². The van der Waals surface area contributed by atoms with E-state index in [4.69, 9.17) is 0 Å². The van der Waals surface area contributed by atoms with Crippen molar-refractivity contribution >= 4 is 11.6 Å². The lowest BCUT2D eigenvalue weighted by molar-refractivity contribution is -0.117. The average molecular weight is 354 g/mol. The van der Waals surface area contributed by atoms with Gasteiger partial charge in [-0.2, -0.15) is 0 Å². The second-order valence-electron chi connectivity index (χ2n) is 7.52. The van der Waals surface area contributed by atoms with E-state index >= 15 is 0 Å². The molecule has 0 aromatic heterocycles. The Hall–Kier alpha value is -2.36. The van der Waals surface area contributed by atoms with Gasteiger partial charge in [0.1, 0.15) is 0 Å². The van der Waals surface area contributed by atoms with E-state index in [0.717, 1.165) is 22.3 Å². The molecule has 1 aromatic carbocycles. The van der Waals surface area contributed by atoms with Crippen LogP contribution < -0.4 is 0 Å². The lowest BCUT2D eigenvalue weighted by Crippen LogP contribution is -2.26. The van der Waals surface area contributed by atoms with E-state index in [9.17, 15) is 19.8 Å². The number of allylic oxidation sites excluding steroid dienone is 4. The third-order valence-corrected chi connectivity index (χ3v) is 5.46. The van der Waals surface area contributed by atoms with Crippen LogP contribution in [0.15, 0.2) is 34.8 Å². The summed E-state index contributed by atoms with van der Waals surface area (Å²) in [5, 5.41) is 21.1. The Morgan fingerprint density at radius 2 is 1.19 bits per heavy atom. The monoisotopic (exact) mass is 354 g/mol. The van der Waals surface area contributed by atoms with Gasteiger partial charge >= 0.3 is 0 Å². The van der Waals surface area contributed by atoms with Gasteiger partial charge in [0.15, 0.2) is 11.6 Å². The molecule has 2 aliphatic carbocycles. The number of aliphatic hydroxyl groups is 2. The SMILES string of the molecule is Cc1cc(C)c(C(C2=C(O)CCCC2=O)C2=C(O)CCCC2=O)c(C)c1. The number of Topliss-reactive ketones (excluding diaryl/α,β-unsaturated/α-hetero) is 2. The molecule has 2 N–H and O–H groups in total. The first-order valence-corrected chi connectivity index (χ1v) is 9.29. The van der Waals surface area contributed by atoms with E-state index in [2.05, 4.69) is 0 Å². The molecule has 138 valence electrons. The van der Waals surface area contributed by atoms with Crippen LogP contribution in [-0.4, -0.2) is 21.8 Å². The molecule has 4 heteroatoms. The molecule has 0 spiro atoms. The Kier molecular flexibility index (Phi) is 5.03. The van der Waals surface area contributed by atoms with Gasteiger partial charge in [0, 0.05) is 42.7 Å². The van der Waals surface area contributed by atoms with Crippen LogP contribution in [0.25, 0.3) is 0 Å². The minimum atomic E-state index is -0.684. The molecule has 3 rings (SSSR count). The lowest BCUT2D eigenvalue weighted by atomic mass is 9.72. The van der Waals surface area contributed by atoms with Gasteiger partial charge in [-0.25, -0.2) is 0 Å². The zero-order valence-corrected chi connectivity index (χ0v) is 15.7. The van der Waals surface area contributed by atoms with Crippen molar-refractivity contribution in [1.29, 1.82) is 0 Å². The molecule has 0 atom stereocenters. The number of rotatable bonds is 3. The number of aliphatic hydroxyl groups excluding tert-OH is 2. The van der Waals surface area contributed by atoms with Crippen molar-refractivity contribution in [3.05, 3.63) is 57.1 Å². The molecule has 1 aromatic rings. The Bertz CT molecular complexity index is 777. The second-order valence-corrected chi connectivity index (χ2v) is 7.52. The summed E-state index contributed by atoms with van der Waals surface area (Å²) in [6.07, 6.45) is 2.83. The van der Waals surface area contributed by atoms with E-state index in [0.29, 0.717) is 49.7 Å². The van der Waals surface area contributed by atoms with Crippen molar-refractivity contribution in [3.8, 4) is 0 Å². The number of carbonyl (C=O) groups is 2. The van der Waals surface area contributed by atoms with E-state index in [1.807, 2.05) is 32.9 Å². The van der Waals surface area contributed by atoms with E-state index < -0.39 is 5.92 Å². The molecule has 0 amide bonds. The smallest absolute Gasteiger partial charge is 0.163 e. The van der Waals surface area contributed by atoms with Gasteiger partial charge in [-0.15, -0.1) is 0 Å². The maximum absolute atomic E-state index is 12.7. The van der Waals surface area contributed by atoms with Gasteiger partial charge in [0.25, 0.3) is 0 Å². The number of ketones is 2. The van der Waals surface area contributed by atoms with E-state index in [1.54, 1.807) is 0 Å². The molecule has 0 heterocycles. The fourth-order valence-electron chi connectivity index (χ4n) is 4.43. The number of hydrogen-bond acceptors (Lipinski definition) is 4. The Morgan fingerprint density at radius 3 is 1.58 bits per heavy atom. The predicted molar refractivity (Wildman–Crippen MR) is 100 cm³/mol. The highest BCUT2D eigenvalue weighted by molar-refractivity contribution is 6.05. The summed E-state index contributed by atoms with van der Waals surface area (Å²) < 4.78 is 0. The number of hydrogen-bond donors (Lipinski definition) is 2. The molecule has 0 fully saturated rings. The van der Waals surface area contributed by atoms with Crippen LogP contribution in [0.3, 0.4) is 0 Å². The first-order valence-electron chi connectivity index (χ1n) is 9.29. The summed E-state index contributed by atoms with van der Waals surface area (Å²) in [5.74, 6) is -0.821. The third kappa shape index (κ3) is 3.20. The minimum Gasteiger partial charge on any atom is -0.512 e. The molecule has 0 bridgehead atoms. The van der Waals surface area contributed by atoms with Crippen molar-refractivity contribution in [1.82, 2.24) is 0 Å². The van der Waals surface area contributed by atoms with Gasteiger partial charge in [0.05, 0.1) is 11.5 Å². The molecule has 0 saturated heterocycles. The molecular formula is C22H26O4. The van der Waals surface area contributed by atoms with Gasteiger partial charge in [0.2, 0.25) is 0 Å². The van der Waals surface area contributed by atoms with Gasteiger partial charge in [-0.05, 0) is 50.3 Å². The Morgan fingerprint density at radius 1 is 0.769 bits per heavy atom. The molecule has 0 aliphatic heterocycles. The quantitative estimate of drug-likeness (QED) is 0.815. The molecule has 0 radical (unpaired) electrons. The van der Waals surface area contributed by atoms with Crippen molar-refractivity contribution in [2.45, 2.75) is 65.2 Å². The zero-order chi connectivity index (χ0) is 19.0. The topological polar surface area (TPSA) is 74.6 Å². The zero-order valence-electron chi connectivity index (χ0n) is 15.7. The number of aryl methyl sites for hydroxylation is 3. The minimum absolute atomic E-state index is 0.0595. The maximum atomic E-state index is 12.7. The average Bonchev–Trinajstić information content (AvgIpc) is 2.53. The van der Waals surface area contributed by atoms with Crippen molar-refractivity contribution in [2.75, 3.05) is 0 Å². The van der Waals surface area contributed by atoms with Crippen molar-refractivity contribution in [3.63, 3.8) is 0 Å². The first-order chi connectivity index (χ1) is 12.3. The fraction of sp³-hybridized carbons (Fsp3) is 0.455. The highest BCUT2D eigenvalue weighted by atomic mass is 16.3. The van der Waals surface area contributed by atoms with E-state index in [-0.39, 0.29) is 23.1 Å². The molecule has 0 saturated carbocycles. The van der Waals surface area contributed by atoms with Gasteiger partial charge in [-0.1, -0.05) is 17.7 Å². The summed E-state index contributed by atoms with van der Waals surface area (Å²) >= 11 is 0.